The van der Waals surface area contributed by atoms with E-state index < -0.39 is 5.91 Å². The van der Waals surface area contributed by atoms with Crippen molar-refractivity contribution in [1.82, 2.24) is 9.80 Å². The van der Waals surface area contributed by atoms with E-state index in [1.165, 1.54) is 0 Å². The SMILES string of the molecule is [NH-]C(=O)C1=CN2C=C3OC=CN3C=C2C=C1.[Na+]. The van der Waals surface area contributed by atoms with Gasteiger partial charge in [0.1, 0.15) is 6.26 Å². The molecule has 0 radical (unpaired) electrons. The molecule has 3 aliphatic rings. The van der Waals surface area contributed by atoms with Crippen LogP contribution in [0.2, 0.25) is 0 Å². The van der Waals surface area contributed by atoms with Crippen molar-refractivity contribution >= 4 is 5.91 Å². The predicted octanol–water partition coefficient (Wildman–Crippen LogP) is -1.22. The van der Waals surface area contributed by atoms with E-state index in [4.69, 9.17) is 10.5 Å². The molecule has 5 nitrogen and oxygen atoms in total. The molecule has 0 aromatic carbocycles. The van der Waals surface area contributed by atoms with Gasteiger partial charge in [0.2, 0.25) is 5.88 Å². The number of carbonyl (C=O) groups excluding carboxylic acids is 1. The molecule has 0 saturated carbocycles. The van der Waals surface area contributed by atoms with Crippen molar-refractivity contribution in [2.45, 2.75) is 0 Å². The van der Waals surface area contributed by atoms with Crippen LogP contribution in [0.15, 0.2) is 60.4 Å². The summed E-state index contributed by atoms with van der Waals surface area (Å²) in [4.78, 5) is 14.5. The van der Waals surface area contributed by atoms with Gasteiger partial charge in [-0.25, -0.2) is 0 Å². The molecule has 0 saturated heterocycles. The van der Waals surface area contributed by atoms with Crippen LogP contribution in [0.5, 0.6) is 0 Å². The van der Waals surface area contributed by atoms with Crippen LogP contribution in [0.3, 0.4) is 0 Å². The summed E-state index contributed by atoms with van der Waals surface area (Å²) >= 11 is 0. The first-order valence-corrected chi connectivity index (χ1v) is 4.73. The van der Waals surface area contributed by atoms with Crippen molar-refractivity contribution in [2.24, 2.45) is 0 Å². The minimum Gasteiger partial charge on any atom is -0.664 e. The number of ether oxygens (including phenoxy) is 1. The molecule has 3 aliphatic heterocycles. The van der Waals surface area contributed by atoms with Gasteiger partial charge in [0.25, 0.3) is 0 Å². The molecule has 1 amide bonds. The maximum absolute atomic E-state index is 10.9. The number of fused-ring (bicyclic) bond motifs is 2. The molecule has 6 heteroatoms. The van der Waals surface area contributed by atoms with Crippen LogP contribution in [-0.2, 0) is 9.53 Å². The fourth-order valence-corrected chi connectivity index (χ4v) is 1.65. The van der Waals surface area contributed by atoms with Crippen LogP contribution in [0.1, 0.15) is 0 Å². The molecule has 0 fully saturated rings. The monoisotopic (exact) mass is 237 g/mol. The fraction of sp³-hybridized carbons (Fsp3) is 0. The van der Waals surface area contributed by atoms with Gasteiger partial charge in [-0.05, 0) is 12.2 Å². The molecule has 3 rings (SSSR count). The second kappa shape index (κ2) is 4.44. The van der Waals surface area contributed by atoms with Crippen molar-refractivity contribution in [3.63, 3.8) is 0 Å². The summed E-state index contributed by atoms with van der Waals surface area (Å²) in [7, 11) is 0. The van der Waals surface area contributed by atoms with Gasteiger partial charge in [-0.2, -0.15) is 0 Å². The maximum Gasteiger partial charge on any atom is 1.00 e. The quantitative estimate of drug-likeness (QED) is 0.536. The Kier molecular flexibility index (Phi) is 3.15. The van der Waals surface area contributed by atoms with E-state index in [2.05, 4.69) is 0 Å². The van der Waals surface area contributed by atoms with E-state index in [-0.39, 0.29) is 29.6 Å². The molecule has 0 unspecified atom stereocenters. The van der Waals surface area contributed by atoms with Crippen molar-refractivity contribution in [2.75, 3.05) is 0 Å². The third kappa shape index (κ3) is 2.04. The normalized spacial score (nSPS) is 19.4. The molecule has 3 heterocycles. The molecule has 1 N–H and O–H groups in total. The maximum atomic E-state index is 10.9. The number of rotatable bonds is 1. The summed E-state index contributed by atoms with van der Waals surface area (Å²) in [5, 5.41) is 0. The first-order chi connectivity index (χ1) is 7.74. The molecule has 0 aromatic heterocycles. The Hall–Kier alpha value is -1.43. The van der Waals surface area contributed by atoms with E-state index in [1.807, 2.05) is 11.1 Å². The number of allylic oxidation sites excluding steroid dienone is 1. The first-order valence-electron chi connectivity index (χ1n) is 4.73. The second-order valence-electron chi connectivity index (χ2n) is 3.49. The third-order valence-corrected chi connectivity index (χ3v) is 2.46. The van der Waals surface area contributed by atoms with Gasteiger partial charge < -0.3 is 20.2 Å². The number of carbonyl (C=O) groups is 1. The number of hydrogen-bond acceptors (Lipinski definition) is 4. The van der Waals surface area contributed by atoms with Gasteiger partial charge in [-0.15, -0.1) is 0 Å². The van der Waals surface area contributed by atoms with Gasteiger partial charge in [0, 0.05) is 24.2 Å². The van der Waals surface area contributed by atoms with Gasteiger partial charge in [-0.3, -0.25) is 4.90 Å². The summed E-state index contributed by atoms with van der Waals surface area (Å²) in [6.07, 6.45) is 12.1. The first kappa shape index (κ1) is 12.0. The van der Waals surface area contributed by atoms with Gasteiger partial charge in [-0.1, -0.05) is 0 Å². The van der Waals surface area contributed by atoms with Crippen molar-refractivity contribution < 1.29 is 39.1 Å². The largest absolute Gasteiger partial charge is 1.00 e. The Labute approximate surface area is 120 Å². The zero-order valence-corrected chi connectivity index (χ0v) is 11.3. The molecule has 0 aliphatic carbocycles. The van der Waals surface area contributed by atoms with Gasteiger partial charge in [0.05, 0.1) is 17.8 Å². The number of nitrogens with zero attached hydrogens (tertiary/aromatic N) is 2. The van der Waals surface area contributed by atoms with Crippen LogP contribution >= 0.6 is 0 Å². The van der Waals surface area contributed by atoms with Crippen molar-refractivity contribution in [3.8, 4) is 0 Å². The minimum absolute atomic E-state index is 0. The predicted molar refractivity (Wildman–Crippen MR) is 56.6 cm³/mol. The second-order valence-corrected chi connectivity index (χ2v) is 3.49. The molecular weight excluding hydrogens is 229 g/mol. The van der Waals surface area contributed by atoms with Gasteiger partial charge >= 0.3 is 29.6 Å². The summed E-state index contributed by atoms with van der Waals surface area (Å²) in [6.45, 7) is 0. The summed E-state index contributed by atoms with van der Waals surface area (Å²) in [6, 6.07) is 0. The van der Waals surface area contributed by atoms with E-state index in [1.54, 1.807) is 41.9 Å². The molecule has 80 valence electrons. The summed E-state index contributed by atoms with van der Waals surface area (Å²) in [5.41, 5.74) is 8.32. The van der Waals surface area contributed by atoms with Crippen LogP contribution in [-0.4, -0.2) is 15.7 Å². The molecule has 17 heavy (non-hydrogen) atoms. The zero-order valence-electron chi connectivity index (χ0n) is 9.25. The van der Waals surface area contributed by atoms with E-state index in [9.17, 15) is 4.79 Å². The molecule has 0 aromatic rings. The molecule has 0 atom stereocenters. The Balaban J connectivity index is 0.00000108. The van der Waals surface area contributed by atoms with Crippen LogP contribution < -0.4 is 29.6 Å². The Bertz CT molecular complexity index is 517. The van der Waals surface area contributed by atoms with Gasteiger partial charge in [0.15, 0.2) is 0 Å². The van der Waals surface area contributed by atoms with Crippen LogP contribution in [0.25, 0.3) is 5.73 Å². The number of hydrogen-bond donors (Lipinski definition) is 0. The zero-order chi connectivity index (χ0) is 11.1. The van der Waals surface area contributed by atoms with E-state index in [0.717, 1.165) is 5.70 Å². The average Bonchev–Trinajstić information content (AvgIpc) is 2.71. The summed E-state index contributed by atoms with van der Waals surface area (Å²) < 4.78 is 5.24. The Morgan fingerprint density at radius 3 is 2.76 bits per heavy atom. The summed E-state index contributed by atoms with van der Waals surface area (Å²) in [5.74, 6) is -0.0197. The van der Waals surface area contributed by atoms with E-state index >= 15 is 0 Å². The Morgan fingerprint density at radius 2 is 2.00 bits per heavy atom. The number of amides is 1. The smallest absolute Gasteiger partial charge is 0.664 e. The van der Waals surface area contributed by atoms with Crippen LogP contribution in [0, 0.1) is 0 Å². The van der Waals surface area contributed by atoms with Crippen LogP contribution in [0.4, 0.5) is 0 Å². The molecule has 0 bridgehead atoms. The molecule has 0 spiro atoms. The van der Waals surface area contributed by atoms with Crippen molar-refractivity contribution in [3.05, 3.63) is 66.1 Å². The standard InChI is InChI=1S/C11H9N3O2.Na/c12-11(15)8-1-2-9-6-13-3-4-16-10(13)7-14(9)5-8;/h1-7H,(H2,12,15);/q;+1/p-1. The third-order valence-electron chi connectivity index (χ3n) is 2.46. The van der Waals surface area contributed by atoms with E-state index in [0.29, 0.717) is 11.5 Å². The fourth-order valence-electron chi connectivity index (χ4n) is 1.65. The minimum atomic E-state index is -0.693. The molecular formula is C11H8N3NaO2. The Morgan fingerprint density at radius 1 is 1.18 bits per heavy atom. The van der Waals surface area contributed by atoms with Crippen molar-refractivity contribution in [1.29, 1.82) is 0 Å². The average molecular weight is 237 g/mol. The topological polar surface area (TPSA) is 56.6 Å². The number of nitrogens with one attached hydrogen (secondary N) is 1.